The summed E-state index contributed by atoms with van der Waals surface area (Å²) in [5.74, 6) is 0.00352. The molecule has 1 saturated heterocycles. The molecule has 1 atom stereocenters. The number of carbonyl (C=O) groups excluding carboxylic acids is 1. The Hall–Kier alpha value is -2.47. The number of hydrogen-bond acceptors (Lipinski definition) is 7. The number of aliphatic hydroxyl groups excluding tert-OH is 1. The number of nitrogens with zero attached hydrogens (tertiary/aromatic N) is 3. The number of fused-ring (bicyclic) bond motifs is 1. The predicted octanol–water partition coefficient (Wildman–Crippen LogP) is 3.56. The average Bonchev–Trinajstić information content (AvgIpc) is 3.16. The number of hydrogen-bond donors (Lipinski definition) is 1. The first-order chi connectivity index (χ1) is 14.9. The molecule has 0 amide bonds. The lowest BCUT2D eigenvalue weighted by Gasteiger charge is -2.37. The Kier molecular flexibility index (Phi) is 6.28. The van der Waals surface area contributed by atoms with E-state index in [0.717, 1.165) is 16.7 Å². The van der Waals surface area contributed by atoms with Crippen LogP contribution in [0.4, 0.5) is 4.39 Å². The second-order valence-corrected chi connectivity index (χ2v) is 9.13. The molecule has 0 aliphatic carbocycles. The molecule has 0 unspecified atom stereocenters. The number of pyridine rings is 1. The third-order valence-electron chi connectivity index (χ3n) is 6.09. The minimum atomic E-state index is -1.27. The summed E-state index contributed by atoms with van der Waals surface area (Å²) < 4.78 is 20.3. The van der Waals surface area contributed by atoms with E-state index >= 15 is 4.39 Å². The maximum absolute atomic E-state index is 15.3. The van der Waals surface area contributed by atoms with Crippen molar-refractivity contribution < 1.29 is 19.0 Å². The Labute approximate surface area is 185 Å². The Balaban J connectivity index is 1.30. The number of cyclic esters (lactones) is 1. The van der Waals surface area contributed by atoms with E-state index in [1.807, 2.05) is 13.0 Å². The number of carbonyl (C=O) groups is 1. The standard InChI is InChI=1S/C23H24FN3O3S/c1-15-17(3-4-18-19(15)13-30-22(18)29)20(28)12-27-8-6-23(24,7-9-27)14-31-21-5-2-16(10-25)11-26-21/h2-5,11,20,28H,6-9,12-14H2,1H3/t20-/m0/s1. The molecule has 6 nitrogen and oxygen atoms in total. The van der Waals surface area contributed by atoms with Crippen LogP contribution in [0.25, 0.3) is 0 Å². The highest BCUT2D eigenvalue weighted by Crippen LogP contribution is 2.34. The lowest BCUT2D eigenvalue weighted by molar-refractivity contribution is 0.0450. The fourth-order valence-electron chi connectivity index (χ4n) is 4.09. The molecule has 1 fully saturated rings. The van der Waals surface area contributed by atoms with Gasteiger partial charge >= 0.3 is 5.97 Å². The van der Waals surface area contributed by atoms with Gasteiger partial charge in [0.25, 0.3) is 0 Å². The number of rotatable bonds is 6. The molecule has 8 heteroatoms. The van der Waals surface area contributed by atoms with Crippen LogP contribution in [0.3, 0.4) is 0 Å². The van der Waals surface area contributed by atoms with Crippen molar-refractivity contribution in [1.29, 1.82) is 5.26 Å². The van der Waals surface area contributed by atoms with Gasteiger partial charge in [0.05, 0.1) is 22.3 Å². The van der Waals surface area contributed by atoms with Crippen LogP contribution in [0, 0.1) is 18.3 Å². The first-order valence-electron chi connectivity index (χ1n) is 10.3. The van der Waals surface area contributed by atoms with Gasteiger partial charge in [0, 0.05) is 37.1 Å². The number of benzene rings is 1. The van der Waals surface area contributed by atoms with Gasteiger partial charge in [0.2, 0.25) is 0 Å². The molecule has 31 heavy (non-hydrogen) atoms. The molecule has 2 aliphatic rings. The van der Waals surface area contributed by atoms with Crippen LogP contribution >= 0.6 is 11.8 Å². The number of likely N-dealkylation sites (tertiary alicyclic amines) is 1. The third kappa shape index (κ3) is 4.74. The minimum Gasteiger partial charge on any atom is -0.457 e. The number of β-amino-alcohol motifs (C(OH)–C–C–N with tert-alkyl or cyclic N) is 1. The minimum absolute atomic E-state index is 0.250. The van der Waals surface area contributed by atoms with E-state index in [4.69, 9.17) is 10.00 Å². The van der Waals surface area contributed by atoms with Crippen molar-refractivity contribution in [2.75, 3.05) is 25.4 Å². The van der Waals surface area contributed by atoms with Gasteiger partial charge in [0.1, 0.15) is 18.3 Å². The van der Waals surface area contributed by atoms with E-state index in [0.29, 0.717) is 54.4 Å². The summed E-state index contributed by atoms with van der Waals surface area (Å²) in [5, 5.41) is 20.3. The normalized spacial score (nSPS) is 18.8. The highest BCUT2D eigenvalue weighted by Gasteiger charge is 2.35. The topological polar surface area (TPSA) is 86.4 Å². The summed E-state index contributed by atoms with van der Waals surface area (Å²) >= 11 is 1.37. The fourth-order valence-corrected chi connectivity index (χ4v) is 5.07. The Morgan fingerprint density at radius 1 is 1.35 bits per heavy atom. The summed E-state index contributed by atoms with van der Waals surface area (Å²) in [6.07, 6.45) is 1.59. The molecular weight excluding hydrogens is 417 g/mol. The van der Waals surface area contributed by atoms with Gasteiger partial charge in [0.15, 0.2) is 0 Å². The highest BCUT2D eigenvalue weighted by molar-refractivity contribution is 7.99. The molecule has 162 valence electrons. The number of thioether (sulfide) groups is 1. The molecule has 1 aromatic carbocycles. The molecule has 0 saturated carbocycles. The van der Waals surface area contributed by atoms with E-state index in [1.165, 1.54) is 18.0 Å². The van der Waals surface area contributed by atoms with Crippen molar-refractivity contribution in [2.45, 2.75) is 43.2 Å². The Morgan fingerprint density at radius 3 is 2.81 bits per heavy atom. The molecule has 2 aromatic rings. The number of piperidine rings is 1. The van der Waals surface area contributed by atoms with Crippen LogP contribution in [0.2, 0.25) is 0 Å². The molecule has 2 aliphatic heterocycles. The fraction of sp³-hybridized carbons (Fsp3) is 0.435. The van der Waals surface area contributed by atoms with Gasteiger partial charge in [-0.25, -0.2) is 14.2 Å². The van der Waals surface area contributed by atoms with E-state index < -0.39 is 11.8 Å². The summed E-state index contributed by atoms with van der Waals surface area (Å²) in [4.78, 5) is 18.0. The van der Waals surface area contributed by atoms with Gasteiger partial charge in [-0.2, -0.15) is 5.26 Å². The summed E-state index contributed by atoms with van der Waals surface area (Å²) in [7, 11) is 0. The average molecular weight is 442 g/mol. The zero-order valence-corrected chi connectivity index (χ0v) is 18.1. The first-order valence-corrected chi connectivity index (χ1v) is 11.2. The van der Waals surface area contributed by atoms with Crippen LogP contribution in [0.5, 0.6) is 0 Å². The first kappa shape index (κ1) is 21.8. The van der Waals surface area contributed by atoms with Gasteiger partial charge in [-0.05, 0) is 49.1 Å². The van der Waals surface area contributed by atoms with Crippen LogP contribution in [-0.2, 0) is 11.3 Å². The zero-order valence-electron chi connectivity index (χ0n) is 17.3. The number of ether oxygens (including phenoxy) is 1. The molecule has 0 bridgehead atoms. The van der Waals surface area contributed by atoms with Crippen molar-refractivity contribution in [3.05, 3.63) is 58.3 Å². The monoisotopic (exact) mass is 441 g/mol. The zero-order chi connectivity index (χ0) is 22.0. The van der Waals surface area contributed by atoms with E-state index in [2.05, 4.69) is 9.88 Å². The number of esters is 1. The second kappa shape index (κ2) is 8.95. The van der Waals surface area contributed by atoms with Crippen molar-refractivity contribution >= 4 is 17.7 Å². The van der Waals surface area contributed by atoms with Gasteiger partial charge in [-0.15, -0.1) is 11.8 Å². The van der Waals surface area contributed by atoms with Crippen molar-refractivity contribution in [1.82, 2.24) is 9.88 Å². The number of halogens is 1. The van der Waals surface area contributed by atoms with Gasteiger partial charge in [-0.1, -0.05) is 6.07 Å². The summed E-state index contributed by atoms with van der Waals surface area (Å²) in [5.41, 5.74) is 2.31. The molecule has 0 spiro atoms. The number of aromatic nitrogens is 1. The predicted molar refractivity (Wildman–Crippen MR) is 114 cm³/mol. The van der Waals surface area contributed by atoms with Crippen LogP contribution < -0.4 is 0 Å². The quantitative estimate of drug-likeness (QED) is 0.542. The molecule has 4 rings (SSSR count). The van der Waals surface area contributed by atoms with Crippen molar-refractivity contribution in [3.8, 4) is 6.07 Å². The molecule has 0 radical (unpaired) electrons. The molecule has 1 aromatic heterocycles. The van der Waals surface area contributed by atoms with E-state index in [9.17, 15) is 9.90 Å². The lowest BCUT2D eigenvalue weighted by Crippen LogP contribution is -2.44. The highest BCUT2D eigenvalue weighted by atomic mass is 32.2. The van der Waals surface area contributed by atoms with Gasteiger partial charge in [-0.3, -0.25) is 0 Å². The lowest BCUT2D eigenvalue weighted by atomic mass is 9.93. The molecule has 1 N–H and O–H groups in total. The van der Waals surface area contributed by atoms with Crippen LogP contribution in [0.1, 0.15) is 51.6 Å². The largest absolute Gasteiger partial charge is 0.457 e. The maximum Gasteiger partial charge on any atom is 0.338 e. The van der Waals surface area contributed by atoms with Crippen LogP contribution in [-0.4, -0.2) is 52.0 Å². The third-order valence-corrected chi connectivity index (χ3v) is 7.29. The van der Waals surface area contributed by atoms with Crippen molar-refractivity contribution in [2.24, 2.45) is 0 Å². The Bertz CT molecular complexity index is 1010. The molecule has 3 heterocycles. The molecular formula is C23H24FN3O3S. The maximum atomic E-state index is 15.3. The summed E-state index contributed by atoms with van der Waals surface area (Å²) in [6.45, 7) is 3.72. The Morgan fingerprint density at radius 2 is 2.13 bits per heavy atom. The summed E-state index contributed by atoms with van der Waals surface area (Å²) in [6, 6.07) is 8.96. The second-order valence-electron chi connectivity index (χ2n) is 8.13. The number of nitriles is 1. The number of aliphatic hydroxyl groups is 1. The number of alkyl halides is 1. The van der Waals surface area contributed by atoms with Crippen molar-refractivity contribution in [3.63, 3.8) is 0 Å². The van der Waals surface area contributed by atoms with E-state index in [-0.39, 0.29) is 12.6 Å². The smallest absolute Gasteiger partial charge is 0.338 e. The van der Waals surface area contributed by atoms with E-state index in [1.54, 1.807) is 24.3 Å². The van der Waals surface area contributed by atoms with Crippen LogP contribution in [0.15, 0.2) is 35.5 Å². The SMILES string of the molecule is Cc1c([C@@H](O)CN2CCC(F)(CSc3ccc(C#N)cn3)CC2)ccc2c1COC2=O. The van der Waals surface area contributed by atoms with Gasteiger partial charge < -0.3 is 14.7 Å².